The fourth-order valence-electron chi connectivity index (χ4n) is 2.39. The van der Waals surface area contributed by atoms with Crippen LogP contribution in [0.1, 0.15) is 19.6 Å². The summed E-state index contributed by atoms with van der Waals surface area (Å²) in [4.78, 5) is 72.7. The van der Waals surface area contributed by atoms with E-state index in [1.165, 1.54) is 0 Å². The van der Waals surface area contributed by atoms with Crippen molar-refractivity contribution in [1.29, 1.82) is 0 Å². The molecule has 1 saturated heterocycles. The molecule has 22 heteroatoms. The summed E-state index contributed by atoms with van der Waals surface area (Å²) in [5, 5.41) is 10.8. The van der Waals surface area contributed by atoms with Crippen molar-refractivity contribution < 1.29 is 67.6 Å². The van der Waals surface area contributed by atoms with Crippen molar-refractivity contribution in [3.8, 4) is 12.3 Å². The molecule has 35 heavy (non-hydrogen) atoms. The molecule has 3 rings (SSSR count). The van der Waals surface area contributed by atoms with E-state index in [0.29, 0.717) is 23.3 Å². The number of aliphatic hydroxyl groups excluding tert-OH is 1. The van der Waals surface area contributed by atoms with Gasteiger partial charge < -0.3 is 64.2 Å². The first-order valence-electron chi connectivity index (χ1n) is 8.42. The summed E-state index contributed by atoms with van der Waals surface area (Å²) in [5.41, 5.74) is 5.35. The lowest BCUT2D eigenvalue weighted by atomic mass is 10.0. The van der Waals surface area contributed by atoms with Crippen molar-refractivity contribution in [1.82, 2.24) is 14.5 Å². The van der Waals surface area contributed by atoms with Gasteiger partial charge in [-0.1, -0.05) is 5.92 Å². The standard InChI is InChI=1S/C13H13ClN4O2.3H3O4P/c1-3-13(2)8(19)6-9(20-13)18-5-4-7-10(15)16-12(14)17-11(7)18;3*1-5(2,3)4/h1,4-5,8-9,19H,6H2,2H3,(H2,15,16,17);3*(H3,1,2,3,4)/t8-,9+,13+;;;/m0.../s1. The van der Waals surface area contributed by atoms with Gasteiger partial charge in [-0.05, 0) is 24.6 Å². The van der Waals surface area contributed by atoms with Crippen LogP contribution in [0.25, 0.3) is 11.0 Å². The van der Waals surface area contributed by atoms with Gasteiger partial charge in [-0.15, -0.1) is 6.42 Å². The molecule has 0 aliphatic carbocycles. The Hall–Kier alpha value is -1.48. The van der Waals surface area contributed by atoms with Gasteiger partial charge >= 0.3 is 23.5 Å². The Morgan fingerprint density at radius 2 is 1.51 bits per heavy atom. The van der Waals surface area contributed by atoms with Crippen LogP contribution in [-0.2, 0) is 18.4 Å². The molecule has 1 fully saturated rings. The highest BCUT2D eigenvalue weighted by Crippen LogP contribution is 2.38. The van der Waals surface area contributed by atoms with E-state index in [9.17, 15) is 5.11 Å². The lowest BCUT2D eigenvalue weighted by Gasteiger charge is -2.21. The van der Waals surface area contributed by atoms with Gasteiger partial charge in [0.15, 0.2) is 5.60 Å². The van der Waals surface area contributed by atoms with E-state index in [1.54, 1.807) is 23.8 Å². The molecule has 2 aromatic rings. The molecular weight excluding hydrogens is 565 g/mol. The molecular formula is C13H22ClN4O14P3. The van der Waals surface area contributed by atoms with E-state index in [1.807, 2.05) is 0 Å². The average Bonchev–Trinajstić information content (AvgIpc) is 3.12. The summed E-state index contributed by atoms with van der Waals surface area (Å²) in [6.07, 6.45) is 6.39. The number of terminal acetylenes is 1. The Kier molecular flexibility index (Phi) is 12.1. The van der Waals surface area contributed by atoms with Gasteiger partial charge in [0.25, 0.3) is 0 Å². The third-order valence-electron chi connectivity index (χ3n) is 3.61. The van der Waals surface area contributed by atoms with Gasteiger partial charge in [0.2, 0.25) is 5.28 Å². The Balaban J connectivity index is 0.000000635. The second-order valence-electron chi connectivity index (χ2n) is 6.45. The van der Waals surface area contributed by atoms with Gasteiger partial charge in [0.05, 0.1) is 11.5 Å². The number of rotatable bonds is 1. The highest BCUT2D eigenvalue weighted by atomic mass is 35.5. The molecule has 0 saturated carbocycles. The summed E-state index contributed by atoms with van der Waals surface area (Å²) >= 11 is 5.83. The molecule has 0 spiro atoms. The number of nitrogens with zero attached hydrogens (tertiary/aromatic N) is 3. The Morgan fingerprint density at radius 1 is 1.09 bits per heavy atom. The highest BCUT2D eigenvalue weighted by molar-refractivity contribution is 7.45. The van der Waals surface area contributed by atoms with Crippen LogP contribution in [0.2, 0.25) is 5.28 Å². The molecule has 0 bridgehead atoms. The lowest BCUT2D eigenvalue weighted by Crippen LogP contribution is -2.33. The van der Waals surface area contributed by atoms with E-state index in [4.69, 9.17) is 86.2 Å². The number of nitrogen functional groups attached to an aromatic ring is 1. The molecule has 3 atom stereocenters. The van der Waals surface area contributed by atoms with Gasteiger partial charge in [0, 0.05) is 12.6 Å². The maximum absolute atomic E-state index is 10.0. The summed E-state index contributed by atoms with van der Waals surface area (Å²) < 4.78 is 34.2. The lowest BCUT2D eigenvalue weighted by molar-refractivity contribution is -0.0511. The van der Waals surface area contributed by atoms with Gasteiger partial charge in [-0.25, -0.2) is 18.7 Å². The molecule has 1 aliphatic rings. The van der Waals surface area contributed by atoms with Crippen molar-refractivity contribution in [3.63, 3.8) is 0 Å². The van der Waals surface area contributed by atoms with E-state index in [0.717, 1.165) is 0 Å². The molecule has 200 valence electrons. The number of anilines is 1. The first-order valence-corrected chi connectivity index (χ1v) is 13.5. The topological polar surface area (TPSA) is 319 Å². The zero-order valence-corrected chi connectivity index (χ0v) is 20.8. The zero-order valence-electron chi connectivity index (χ0n) is 17.3. The summed E-state index contributed by atoms with van der Waals surface area (Å²) in [6.45, 7) is 1.68. The molecule has 0 radical (unpaired) electrons. The fraction of sp³-hybridized carbons (Fsp3) is 0.385. The van der Waals surface area contributed by atoms with Crippen molar-refractivity contribution >= 4 is 51.9 Å². The Labute approximate surface area is 201 Å². The number of aliphatic hydroxyl groups is 1. The maximum Gasteiger partial charge on any atom is 0.466 e. The third kappa shape index (κ3) is 14.6. The van der Waals surface area contributed by atoms with Crippen molar-refractivity contribution in [2.75, 3.05) is 5.73 Å². The van der Waals surface area contributed by atoms with Gasteiger partial charge in [0.1, 0.15) is 17.7 Å². The largest absolute Gasteiger partial charge is 0.466 e. The molecule has 0 amide bonds. The van der Waals surface area contributed by atoms with Crippen LogP contribution in [0, 0.1) is 12.3 Å². The minimum absolute atomic E-state index is 0.0632. The second-order valence-corrected chi connectivity index (χ2v) is 9.87. The predicted molar refractivity (Wildman–Crippen MR) is 118 cm³/mol. The summed E-state index contributed by atoms with van der Waals surface area (Å²) in [6, 6.07) is 1.78. The van der Waals surface area contributed by atoms with E-state index in [2.05, 4.69) is 15.9 Å². The van der Waals surface area contributed by atoms with Crippen LogP contribution in [0.5, 0.6) is 0 Å². The number of hydrogen-bond acceptors (Lipinski definition) is 8. The number of hydrogen-bond donors (Lipinski definition) is 11. The monoisotopic (exact) mass is 586 g/mol. The molecule has 18 nitrogen and oxygen atoms in total. The molecule has 3 heterocycles. The van der Waals surface area contributed by atoms with E-state index < -0.39 is 41.4 Å². The van der Waals surface area contributed by atoms with Crippen LogP contribution >= 0.6 is 35.1 Å². The van der Waals surface area contributed by atoms with Crippen molar-refractivity contribution in [2.24, 2.45) is 0 Å². The number of fused-ring (bicyclic) bond motifs is 1. The molecule has 12 N–H and O–H groups in total. The summed E-state index contributed by atoms with van der Waals surface area (Å²) in [5.74, 6) is 2.79. The molecule has 0 aromatic carbocycles. The van der Waals surface area contributed by atoms with Crippen LogP contribution < -0.4 is 5.73 Å². The van der Waals surface area contributed by atoms with Crippen LogP contribution in [0.4, 0.5) is 5.82 Å². The number of phosphoric acid groups is 3. The summed E-state index contributed by atoms with van der Waals surface area (Å²) in [7, 11) is -13.9. The van der Waals surface area contributed by atoms with Crippen molar-refractivity contribution in [2.45, 2.75) is 31.3 Å². The average molecular weight is 587 g/mol. The quantitative estimate of drug-likeness (QED) is 0.103. The normalized spacial score (nSPS) is 22.0. The first kappa shape index (κ1) is 33.5. The van der Waals surface area contributed by atoms with Crippen LogP contribution in [-0.4, -0.2) is 75.4 Å². The number of halogens is 1. The third-order valence-corrected chi connectivity index (χ3v) is 3.78. The molecule has 2 aromatic heterocycles. The van der Waals surface area contributed by atoms with Gasteiger partial charge in [-0.2, -0.15) is 4.98 Å². The fourth-order valence-corrected chi connectivity index (χ4v) is 2.56. The van der Waals surface area contributed by atoms with Crippen LogP contribution in [0.15, 0.2) is 12.3 Å². The second kappa shape index (κ2) is 12.7. The first-order chi connectivity index (χ1) is 15.4. The Morgan fingerprint density at radius 3 is 1.89 bits per heavy atom. The Bertz CT molecular complexity index is 1110. The smallest absolute Gasteiger partial charge is 0.389 e. The van der Waals surface area contributed by atoms with E-state index in [-0.39, 0.29) is 5.28 Å². The molecule has 1 aliphatic heterocycles. The van der Waals surface area contributed by atoms with Crippen molar-refractivity contribution in [3.05, 3.63) is 17.5 Å². The highest BCUT2D eigenvalue weighted by Gasteiger charge is 2.44. The van der Waals surface area contributed by atoms with Gasteiger partial charge in [-0.3, -0.25) is 0 Å². The maximum atomic E-state index is 10.0. The number of nitrogens with two attached hydrogens (primary N) is 1. The SMILES string of the molecule is C#C[C@@]1(C)O[C@@H](n2ccc3c(N)nc(Cl)nc32)C[C@@H]1O.O=P(O)(O)O.O=P(O)(O)O.O=P(O)(O)O. The zero-order chi connectivity index (χ0) is 28.0. The molecule has 0 unspecified atom stereocenters. The minimum Gasteiger partial charge on any atom is -0.389 e. The minimum atomic E-state index is -4.64. The van der Waals surface area contributed by atoms with E-state index >= 15 is 0 Å². The predicted octanol–water partition coefficient (Wildman–Crippen LogP) is -1.45. The number of aromatic nitrogens is 3. The van der Waals surface area contributed by atoms with Crippen LogP contribution in [0.3, 0.4) is 0 Å². The number of ether oxygens (including phenoxy) is 1.